The van der Waals surface area contributed by atoms with Gasteiger partial charge in [-0.3, -0.25) is 15.2 Å². The van der Waals surface area contributed by atoms with E-state index in [1.165, 1.54) is 0 Å². The minimum atomic E-state index is -4.24. The normalized spacial score (nSPS) is 12.8. The highest BCUT2D eigenvalue weighted by atomic mass is 32.2. The van der Waals surface area contributed by atoms with E-state index in [9.17, 15) is 18.6 Å². The summed E-state index contributed by atoms with van der Waals surface area (Å²) in [5.74, 6) is -0.252. The number of hydrogen-bond donors (Lipinski definition) is 12. The van der Waals surface area contributed by atoms with Crippen LogP contribution in [0.2, 0.25) is 0 Å². The molecule has 0 aliphatic rings. The van der Waals surface area contributed by atoms with Gasteiger partial charge in [-0.1, -0.05) is 5.04 Å². The van der Waals surface area contributed by atoms with Crippen molar-refractivity contribution in [3.05, 3.63) is 0 Å². The second-order valence-electron chi connectivity index (χ2n) is 8.32. The van der Waals surface area contributed by atoms with E-state index in [0.717, 1.165) is 23.6 Å². The second-order valence-corrected chi connectivity index (χ2v) is 11.4. The van der Waals surface area contributed by atoms with Gasteiger partial charge < -0.3 is 41.7 Å². The van der Waals surface area contributed by atoms with Crippen molar-refractivity contribution in [2.45, 2.75) is 12.2 Å². The van der Waals surface area contributed by atoms with Crippen molar-refractivity contribution < 1.29 is 48.0 Å². The summed E-state index contributed by atoms with van der Waals surface area (Å²) in [6, 6.07) is 0. The van der Waals surface area contributed by atoms with E-state index in [-0.39, 0.29) is 72.9 Å². The summed E-state index contributed by atoms with van der Waals surface area (Å²) in [4.78, 5) is 29.2. The zero-order chi connectivity index (χ0) is 32.7. The van der Waals surface area contributed by atoms with E-state index in [4.69, 9.17) is 20.0 Å². The zero-order valence-electron chi connectivity index (χ0n) is 22.9. The first-order valence-corrected chi connectivity index (χ1v) is 15.8. The molecule has 0 aliphatic heterocycles. The molecule has 3 rings (SSSR count). The summed E-state index contributed by atoms with van der Waals surface area (Å²) in [5.41, 5.74) is 0. The molecule has 0 fully saturated rings. The van der Waals surface area contributed by atoms with Gasteiger partial charge in [0.15, 0.2) is 0 Å². The SMILES string of the molecule is O=S(=O)(O)CCNc1nc(NCC(O)CO)nc(Nc2nc(Nc3nc(NCCSOOO)nc(NCC(O)CO)n3)ns2)n1. The van der Waals surface area contributed by atoms with Gasteiger partial charge in [0.25, 0.3) is 10.1 Å². The van der Waals surface area contributed by atoms with E-state index in [0.29, 0.717) is 5.75 Å². The number of aliphatic hydroxyl groups excluding tert-OH is 4. The molecule has 2 atom stereocenters. The highest BCUT2D eigenvalue weighted by Crippen LogP contribution is 2.22. The maximum Gasteiger partial charge on any atom is 0.266 e. The van der Waals surface area contributed by atoms with Gasteiger partial charge in [-0.2, -0.15) is 47.7 Å². The topological polar surface area (TPSA) is 349 Å². The lowest BCUT2D eigenvalue weighted by Gasteiger charge is -2.12. The van der Waals surface area contributed by atoms with Gasteiger partial charge in [-0.05, 0) is 0 Å². The van der Waals surface area contributed by atoms with Crippen LogP contribution in [0.5, 0.6) is 0 Å². The average Bonchev–Trinajstić information content (AvgIpc) is 3.43. The minimum Gasteiger partial charge on any atom is -0.394 e. The molecule has 3 aromatic heterocycles. The van der Waals surface area contributed by atoms with Crippen LogP contribution in [0.3, 0.4) is 0 Å². The molecule has 24 nitrogen and oxygen atoms in total. The van der Waals surface area contributed by atoms with Crippen LogP contribution in [-0.4, -0.2) is 141 Å². The third-order valence-corrected chi connectivity index (χ3v) is 6.62. The minimum absolute atomic E-state index is 0.000145. The molecule has 0 radical (unpaired) electrons. The quantitative estimate of drug-likeness (QED) is 0.0173. The first kappa shape index (κ1) is 35.8. The van der Waals surface area contributed by atoms with Crippen LogP contribution >= 0.6 is 23.6 Å². The van der Waals surface area contributed by atoms with Crippen molar-refractivity contribution >= 4 is 80.5 Å². The Morgan fingerprint density at radius 3 is 1.78 bits per heavy atom. The van der Waals surface area contributed by atoms with E-state index >= 15 is 0 Å². The molecule has 0 aliphatic carbocycles. The summed E-state index contributed by atoms with van der Waals surface area (Å²) < 4.78 is 39.5. The fourth-order valence-electron chi connectivity index (χ4n) is 2.80. The summed E-state index contributed by atoms with van der Waals surface area (Å²) in [6.45, 7) is -1.11. The largest absolute Gasteiger partial charge is 0.394 e. The van der Waals surface area contributed by atoms with E-state index < -0.39 is 41.3 Å². The highest BCUT2D eigenvalue weighted by Gasteiger charge is 2.14. The fraction of sp³-hybridized carbons (Fsp3) is 0.556. The summed E-state index contributed by atoms with van der Waals surface area (Å²) in [7, 11) is -4.24. The van der Waals surface area contributed by atoms with Gasteiger partial charge in [-0.25, -0.2) is 5.26 Å². The number of aromatic nitrogens is 8. The lowest BCUT2D eigenvalue weighted by atomic mass is 10.4. The Morgan fingerprint density at radius 1 is 0.733 bits per heavy atom. The highest BCUT2D eigenvalue weighted by molar-refractivity contribution is 7.94. The third-order valence-electron chi connectivity index (χ3n) is 4.74. The first-order chi connectivity index (χ1) is 21.6. The molecule has 0 bridgehead atoms. The first-order valence-electron chi connectivity index (χ1n) is 12.5. The van der Waals surface area contributed by atoms with Crippen molar-refractivity contribution in [2.24, 2.45) is 0 Å². The maximum atomic E-state index is 11.0. The summed E-state index contributed by atoms with van der Waals surface area (Å²) in [6.07, 6.45) is -2.18. The van der Waals surface area contributed by atoms with Crippen molar-refractivity contribution in [2.75, 3.05) is 82.8 Å². The standard InChI is InChI=1S/C18H30N14O10S3/c33-7-9(35)5-21-13-23-11(19-1-3-43-42-41-37)25-15(27-13)29-17-31-18(44-32-17)30-16-26-12(20-2-4-45(38,39)40)24-14(28-16)22-6-10(36)8-34/h9-10,33-37H,1-8H2,(H,38,39,40)(H6,19,20,21,22,23,24,25,26,27,28,29,30,31,32). The monoisotopic (exact) mass is 698 g/mol. The van der Waals surface area contributed by atoms with Crippen molar-refractivity contribution in [3.63, 3.8) is 0 Å². The van der Waals surface area contributed by atoms with E-state index in [1.54, 1.807) is 0 Å². The van der Waals surface area contributed by atoms with Gasteiger partial charge in [0.2, 0.25) is 46.8 Å². The van der Waals surface area contributed by atoms with Crippen molar-refractivity contribution in [3.8, 4) is 0 Å². The number of aliphatic hydroxyl groups is 4. The molecule has 0 saturated carbocycles. The molecular weight excluding hydrogens is 668 g/mol. The Kier molecular flexibility index (Phi) is 14.6. The third kappa shape index (κ3) is 13.9. The molecule has 0 saturated heterocycles. The van der Waals surface area contributed by atoms with Gasteiger partial charge in [-0.15, -0.1) is 4.33 Å². The van der Waals surface area contributed by atoms with Gasteiger partial charge >= 0.3 is 0 Å². The predicted molar refractivity (Wildman–Crippen MR) is 160 cm³/mol. The molecule has 3 heterocycles. The number of hydrogen-bond acceptors (Lipinski definition) is 25. The van der Waals surface area contributed by atoms with E-state index in [1.807, 2.05) is 0 Å². The molecule has 0 aromatic carbocycles. The van der Waals surface area contributed by atoms with E-state index in [2.05, 4.69) is 80.5 Å². The van der Waals surface area contributed by atoms with Gasteiger partial charge in [0.1, 0.15) is 0 Å². The Hall–Kier alpha value is -3.64. The Labute approximate surface area is 262 Å². The zero-order valence-corrected chi connectivity index (χ0v) is 25.4. The molecule has 12 N–H and O–H groups in total. The van der Waals surface area contributed by atoms with Gasteiger partial charge in [0.05, 0.1) is 31.2 Å². The number of rotatable bonds is 22. The second kappa shape index (κ2) is 18.4. The molecule has 45 heavy (non-hydrogen) atoms. The van der Waals surface area contributed by atoms with Crippen LogP contribution in [0.4, 0.5) is 46.8 Å². The summed E-state index contributed by atoms with van der Waals surface area (Å²) in [5, 5.41) is 66.0. The van der Waals surface area contributed by atoms with Gasteiger partial charge in [0, 0.05) is 55.5 Å². The van der Waals surface area contributed by atoms with Crippen LogP contribution in [0.25, 0.3) is 0 Å². The lowest BCUT2D eigenvalue weighted by molar-refractivity contribution is -0.432. The Morgan fingerprint density at radius 2 is 1.24 bits per heavy atom. The Balaban J connectivity index is 1.74. The van der Waals surface area contributed by atoms with Crippen LogP contribution in [-0.2, 0) is 19.5 Å². The number of nitrogens with zero attached hydrogens (tertiary/aromatic N) is 8. The van der Waals surface area contributed by atoms with Crippen LogP contribution in [0, 0.1) is 0 Å². The van der Waals surface area contributed by atoms with Crippen LogP contribution < -0.4 is 31.9 Å². The van der Waals surface area contributed by atoms with Crippen LogP contribution in [0.1, 0.15) is 0 Å². The summed E-state index contributed by atoms with van der Waals surface area (Å²) >= 11 is 1.71. The number of anilines is 8. The van der Waals surface area contributed by atoms with Crippen molar-refractivity contribution in [1.82, 2.24) is 39.3 Å². The average molecular weight is 699 g/mol. The lowest BCUT2D eigenvalue weighted by Crippen LogP contribution is -2.24. The van der Waals surface area contributed by atoms with Crippen LogP contribution in [0.15, 0.2) is 0 Å². The molecular formula is C18H30N14O10S3. The fourth-order valence-corrected chi connectivity index (χ4v) is 3.98. The Bertz CT molecular complexity index is 1440. The molecule has 0 amide bonds. The molecule has 27 heteroatoms. The maximum absolute atomic E-state index is 11.0. The molecule has 250 valence electrons. The van der Waals surface area contributed by atoms with Crippen molar-refractivity contribution in [1.29, 1.82) is 0 Å². The predicted octanol–water partition coefficient (Wildman–Crippen LogP) is -2.29. The molecule has 3 aromatic rings. The number of nitrogens with one attached hydrogen (secondary N) is 6. The smallest absolute Gasteiger partial charge is 0.266 e. The molecule has 2 unspecified atom stereocenters. The molecule has 0 spiro atoms.